The van der Waals surface area contributed by atoms with Gasteiger partial charge in [-0.2, -0.15) is 0 Å². The predicted molar refractivity (Wildman–Crippen MR) is 70.2 cm³/mol. The second-order valence-corrected chi connectivity index (χ2v) is 5.85. The Kier molecular flexibility index (Phi) is 5.79. The summed E-state index contributed by atoms with van der Waals surface area (Å²) in [5.74, 6) is 0.638. The molecule has 0 aliphatic carbocycles. The van der Waals surface area contributed by atoms with Crippen molar-refractivity contribution in [2.24, 2.45) is 11.3 Å². The van der Waals surface area contributed by atoms with E-state index >= 15 is 0 Å². The quantitative estimate of drug-likeness (QED) is 0.789. The zero-order chi connectivity index (χ0) is 13.6. The van der Waals surface area contributed by atoms with Crippen LogP contribution in [0, 0.1) is 11.3 Å². The van der Waals surface area contributed by atoms with Crippen LogP contribution in [0.15, 0.2) is 0 Å². The number of amides is 1. The Morgan fingerprint density at radius 1 is 1.22 bits per heavy atom. The van der Waals surface area contributed by atoms with Gasteiger partial charge in [0, 0.05) is 32.6 Å². The lowest BCUT2D eigenvalue weighted by Gasteiger charge is -2.37. The van der Waals surface area contributed by atoms with E-state index in [1.54, 1.807) is 0 Å². The first-order chi connectivity index (χ1) is 8.42. The van der Waals surface area contributed by atoms with Crippen molar-refractivity contribution < 1.29 is 14.3 Å². The van der Waals surface area contributed by atoms with Gasteiger partial charge in [0.25, 0.3) is 0 Å². The minimum Gasteiger partial charge on any atom is -0.381 e. The maximum Gasteiger partial charge on any atom is 0.220 e. The van der Waals surface area contributed by atoms with Crippen molar-refractivity contribution in [2.45, 2.75) is 46.5 Å². The topological polar surface area (TPSA) is 55.4 Å². The molecule has 104 valence electrons. The molecule has 0 bridgehead atoms. The van der Waals surface area contributed by atoms with Gasteiger partial charge in [0.2, 0.25) is 5.91 Å². The molecular formula is C14H25NO3. The third-order valence-electron chi connectivity index (χ3n) is 3.77. The average molecular weight is 255 g/mol. The number of hydrogen-bond acceptors (Lipinski definition) is 3. The lowest BCUT2D eigenvalue weighted by Crippen LogP contribution is -2.40. The van der Waals surface area contributed by atoms with E-state index in [1.165, 1.54) is 6.92 Å². The summed E-state index contributed by atoms with van der Waals surface area (Å²) in [6, 6.07) is 0. The Labute approximate surface area is 109 Å². The number of rotatable bonds is 6. The molecule has 0 spiro atoms. The number of hydrogen-bond donors (Lipinski definition) is 1. The zero-order valence-electron chi connectivity index (χ0n) is 11.8. The zero-order valence-corrected chi connectivity index (χ0v) is 11.8. The largest absolute Gasteiger partial charge is 0.381 e. The maximum atomic E-state index is 11.6. The van der Waals surface area contributed by atoms with Crippen LogP contribution in [0.1, 0.15) is 46.5 Å². The van der Waals surface area contributed by atoms with Gasteiger partial charge in [-0.3, -0.25) is 4.79 Å². The molecule has 1 aliphatic heterocycles. The number of Topliss-reactive ketones (excluding diaryl/α,β-unsaturated/α-hetero) is 1. The first-order valence-corrected chi connectivity index (χ1v) is 6.75. The van der Waals surface area contributed by atoms with Crippen molar-refractivity contribution >= 4 is 11.7 Å². The van der Waals surface area contributed by atoms with Crippen LogP contribution >= 0.6 is 0 Å². The van der Waals surface area contributed by atoms with Gasteiger partial charge in [-0.05, 0) is 31.1 Å². The van der Waals surface area contributed by atoms with Crippen LogP contribution in [-0.2, 0) is 14.3 Å². The van der Waals surface area contributed by atoms with Crippen LogP contribution in [0.25, 0.3) is 0 Å². The van der Waals surface area contributed by atoms with Gasteiger partial charge in [0.1, 0.15) is 5.78 Å². The highest BCUT2D eigenvalue weighted by Gasteiger charge is 2.31. The van der Waals surface area contributed by atoms with Gasteiger partial charge in [0.05, 0.1) is 0 Å². The molecule has 0 aromatic carbocycles. The Hall–Kier alpha value is -0.900. The Balaban J connectivity index is 2.31. The molecule has 1 fully saturated rings. The van der Waals surface area contributed by atoms with Crippen molar-refractivity contribution in [3.05, 3.63) is 0 Å². The number of carbonyl (C=O) groups is 2. The van der Waals surface area contributed by atoms with E-state index in [0.29, 0.717) is 25.3 Å². The van der Waals surface area contributed by atoms with Gasteiger partial charge in [0.15, 0.2) is 0 Å². The van der Waals surface area contributed by atoms with E-state index in [4.69, 9.17) is 4.74 Å². The summed E-state index contributed by atoms with van der Waals surface area (Å²) < 4.78 is 5.36. The molecule has 1 aliphatic rings. The van der Waals surface area contributed by atoms with Crippen molar-refractivity contribution in [3.63, 3.8) is 0 Å². The number of ether oxygens (including phenoxy) is 1. The number of nitrogens with one attached hydrogen (secondary N) is 1. The van der Waals surface area contributed by atoms with Crippen LogP contribution in [0.5, 0.6) is 0 Å². The smallest absolute Gasteiger partial charge is 0.220 e. The summed E-state index contributed by atoms with van der Waals surface area (Å²) in [5.41, 5.74) is 0.0929. The molecule has 4 heteroatoms. The molecule has 0 saturated carbocycles. The molecule has 0 unspecified atom stereocenters. The van der Waals surface area contributed by atoms with Crippen LogP contribution in [0.2, 0.25) is 0 Å². The van der Waals surface area contributed by atoms with Crippen molar-refractivity contribution in [3.8, 4) is 0 Å². The van der Waals surface area contributed by atoms with E-state index < -0.39 is 0 Å². The molecule has 0 radical (unpaired) electrons. The number of ketones is 1. The molecular weight excluding hydrogens is 230 g/mol. The molecule has 0 aromatic heterocycles. The Morgan fingerprint density at radius 3 is 2.39 bits per heavy atom. The second kappa shape index (κ2) is 6.88. The fourth-order valence-corrected chi connectivity index (χ4v) is 2.33. The number of carbonyl (C=O) groups excluding carboxylic acids is 2. The van der Waals surface area contributed by atoms with E-state index in [0.717, 1.165) is 26.1 Å². The lowest BCUT2D eigenvalue weighted by molar-refractivity contribution is -0.125. The van der Waals surface area contributed by atoms with E-state index in [1.807, 2.05) is 0 Å². The second-order valence-electron chi connectivity index (χ2n) is 5.85. The van der Waals surface area contributed by atoms with Crippen LogP contribution in [0.3, 0.4) is 0 Å². The third kappa shape index (κ3) is 5.17. The normalized spacial score (nSPS) is 17.5. The molecule has 1 heterocycles. The molecule has 1 N–H and O–H groups in total. The fraction of sp³-hybridized carbons (Fsp3) is 0.857. The molecule has 4 nitrogen and oxygen atoms in total. The summed E-state index contributed by atoms with van der Waals surface area (Å²) in [5, 5.41) is 2.94. The highest BCUT2D eigenvalue weighted by molar-refractivity contribution is 5.83. The van der Waals surface area contributed by atoms with Crippen molar-refractivity contribution in [1.82, 2.24) is 5.32 Å². The van der Waals surface area contributed by atoms with E-state index in [2.05, 4.69) is 19.2 Å². The highest BCUT2D eigenvalue weighted by Crippen LogP contribution is 2.33. The first-order valence-electron chi connectivity index (χ1n) is 6.75. The summed E-state index contributed by atoms with van der Waals surface area (Å²) in [4.78, 5) is 22.4. The summed E-state index contributed by atoms with van der Waals surface area (Å²) in [7, 11) is 0. The minimum atomic E-state index is -0.0228. The molecule has 18 heavy (non-hydrogen) atoms. The Morgan fingerprint density at radius 2 is 1.83 bits per heavy atom. The van der Waals surface area contributed by atoms with Crippen LogP contribution in [0.4, 0.5) is 0 Å². The standard InChI is InChI=1S/C14H25NO3/c1-11(16)4-5-13(17)15-10-14(2,3)12-6-8-18-9-7-12/h12H,4-10H2,1-3H3,(H,15,17). The molecule has 0 aromatic rings. The maximum absolute atomic E-state index is 11.6. The van der Waals surface area contributed by atoms with Gasteiger partial charge in [-0.25, -0.2) is 0 Å². The molecule has 0 atom stereocenters. The first kappa shape index (κ1) is 15.2. The van der Waals surface area contributed by atoms with Crippen molar-refractivity contribution in [2.75, 3.05) is 19.8 Å². The van der Waals surface area contributed by atoms with E-state index in [-0.39, 0.29) is 17.1 Å². The monoisotopic (exact) mass is 255 g/mol. The van der Waals surface area contributed by atoms with Gasteiger partial charge >= 0.3 is 0 Å². The highest BCUT2D eigenvalue weighted by atomic mass is 16.5. The SMILES string of the molecule is CC(=O)CCC(=O)NCC(C)(C)C1CCOCC1. The lowest BCUT2D eigenvalue weighted by atomic mass is 9.74. The summed E-state index contributed by atoms with van der Waals surface area (Å²) in [6.45, 7) is 8.22. The molecule has 1 rings (SSSR count). The summed E-state index contributed by atoms with van der Waals surface area (Å²) in [6.07, 6.45) is 2.77. The molecule has 1 amide bonds. The van der Waals surface area contributed by atoms with Crippen LogP contribution < -0.4 is 5.32 Å². The molecule has 1 saturated heterocycles. The van der Waals surface area contributed by atoms with Crippen LogP contribution in [-0.4, -0.2) is 31.4 Å². The average Bonchev–Trinajstić information content (AvgIpc) is 2.35. The summed E-state index contributed by atoms with van der Waals surface area (Å²) >= 11 is 0. The third-order valence-corrected chi connectivity index (χ3v) is 3.77. The minimum absolute atomic E-state index is 0.0228. The van der Waals surface area contributed by atoms with Crippen molar-refractivity contribution in [1.29, 1.82) is 0 Å². The Bertz CT molecular complexity index is 293. The van der Waals surface area contributed by atoms with E-state index in [9.17, 15) is 9.59 Å². The van der Waals surface area contributed by atoms with Gasteiger partial charge in [-0.15, -0.1) is 0 Å². The predicted octanol–water partition coefficient (Wildman–Crippen LogP) is 1.92. The van der Waals surface area contributed by atoms with Gasteiger partial charge < -0.3 is 14.8 Å². The van der Waals surface area contributed by atoms with Gasteiger partial charge in [-0.1, -0.05) is 13.8 Å². The fourth-order valence-electron chi connectivity index (χ4n) is 2.33.